The highest BCUT2D eigenvalue weighted by atomic mass is 35.5. The van der Waals surface area contributed by atoms with Gasteiger partial charge in [0.1, 0.15) is 24.2 Å². The Kier molecular flexibility index (Phi) is 24.3. The molecule has 2 aliphatic rings. The van der Waals surface area contributed by atoms with Crippen LogP contribution in [-0.2, 0) is 41.6 Å². The highest BCUT2D eigenvalue weighted by Gasteiger charge is 2.47. The van der Waals surface area contributed by atoms with Gasteiger partial charge in [-0.1, -0.05) is 120 Å². The van der Waals surface area contributed by atoms with Crippen LogP contribution in [0.2, 0.25) is 0 Å². The second kappa shape index (κ2) is 28.6. The van der Waals surface area contributed by atoms with Crippen LogP contribution in [0.15, 0.2) is 84.9 Å². The largest absolute Gasteiger partial charge is 0.352 e. The monoisotopic (exact) mass is 1090 g/mol. The second-order valence-corrected chi connectivity index (χ2v) is 22.9. The zero-order chi connectivity index (χ0) is 54.7. The van der Waals surface area contributed by atoms with Crippen LogP contribution < -0.4 is 31.9 Å². The predicted octanol–water partition coefficient (Wildman–Crippen LogP) is 5.88. The van der Waals surface area contributed by atoms with Crippen molar-refractivity contribution in [2.75, 3.05) is 27.2 Å². The number of nitrogens with one attached hydrogen (secondary N) is 6. The van der Waals surface area contributed by atoms with Crippen molar-refractivity contribution >= 4 is 71.8 Å². The number of carbonyl (C=O) groups excluding carboxylic acids is 8. The summed E-state index contributed by atoms with van der Waals surface area (Å²) in [5, 5.41) is 17.9. The third kappa shape index (κ3) is 17.7. The fourth-order valence-corrected chi connectivity index (χ4v) is 9.89. The number of benzene rings is 3. The van der Waals surface area contributed by atoms with E-state index in [1.165, 1.54) is 9.80 Å². The van der Waals surface area contributed by atoms with Crippen molar-refractivity contribution in [3.8, 4) is 0 Å². The third-order valence-electron chi connectivity index (χ3n) is 14.4. The maximum absolute atomic E-state index is 14.6. The number of hydrogen-bond donors (Lipinski definition) is 6. The van der Waals surface area contributed by atoms with E-state index in [1.807, 2.05) is 116 Å². The summed E-state index contributed by atoms with van der Waals surface area (Å²) in [5.74, 6) is -3.59. The lowest BCUT2D eigenvalue weighted by atomic mass is 9.85. The molecule has 0 bridgehead atoms. The Hall–Kier alpha value is -5.68. The molecule has 418 valence electrons. The standard InChI is InChI=1S/C58H82N8O8.2ClH/c1-35(26-39-20-15-13-16-21-39)61-53(71)45-28-41(33-65(45)55(73)49(57(5,6)7)63-51(69)37(3)59-11)30-47(67)43-24-19-25-44(32-43)48(68)31-42-29-46(54(72)62-36(2)27-40-22-17-14-18-23-40)66(34-42)56(74)50(58(8,9)10)64-52(70)38(4)60-12;;/h13-25,32,35-38,41-42,45-46,49-50,59-60H,26-31,33-34H2,1-12H3,(H,61,71)(H,62,72)(H,63,69)(H,64,70);2*1H/t35?,36?,37-,38-,41+,42+,45-,46-,49+,50+;;/m0../s1. The normalized spacial score (nSPS) is 19.8. The van der Waals surface area contributed by atoms with Gasteiger partial charge in [0.2, 0.25) is 35.4 Å². The van der Waals surface area contributed by atoms with Crippen molar-refractivity contribution in [1.82, 2.24) is 41.7 Å². The molecule has 0 radical (unpaired) electrons. The fraction of sp³-hybridized carbons (Fsp3) is 0.552. The molecule has 2 fully saturated rings. The molecule has 6 amide bonds. The van der Waals surface area contributed by atoms with Gasteiger partial charge in [-0.25, -0.2) is 0 Å². The van der Waals surface area contributed by atoms with Crippen LogP contribution >= 0.6 is 24.8 Å². The number of likely N-dealkylation sites (tertiary alicyclic amines) is 2. The first kappa shape index (κ1) is 64.6. The van der Waals surface area contributed by atoms with Gasteiger partial charge in [-0.3, -0.25) is 38.4 Å². The van der Waals surface area contributed by atoms with Gasteiger partial charge in [-0.05, 0) is 107 Å². The molecule has 6 N–H and O–H groups in total. The summed E-state index contributed by atoms with van der Waals surface area (Å²) < 4.78 is 0. The summed E-state index contributed by atoms with van der Waals surface area (Å²) in [6.07, 6.45) is 1.55. The molecular formula is C58H84Cl2N8O8. The van der Waals surface area contributed by atoms with E-state index >= 15 is 0 Å². The highest BCUT2D eigenvalue weighted by Crippen LogP contribution is 2.34. The lowest BCUT2D eigenvalue weighted by Crippen LogP contribution is -2.59. The summed E-state index contributed by atoms with van der Waals surface area (Å²) in [6.45, 7) is 18.5. The van der Waals surface area contributed by atoms with Crippen LogP contribution in [0.25, 0.3) is 0 Å². The molecule has 0 saturated carbocycles. The zero-order valence-electron chi connectivity index (χ0n) is 46.5. The fourth-order valence-electron chi connectivity index (χ4n) is 9.89. The quantitative estimate of drug-likeness (QED) is 0.0658. The van der Waals surface area contributed by atoms with E-state index in [0.29, 0.717) is 24.0 Å². The molecule has 0 spiro atoms. The first-order valence-electron chi connectivity index (χ1n) is 26.2. The number of amides is 6. The Labute approximate surface area is 463 Å². The topological polar surface area (TPSA) is 215 Å². The van der Waals surface area contributed by atoms with E-state index in [0.717, 1.165) is 11.1 Å². The van der Waals surface area contributed by atoms with Crippen LogP contribution in [0.1, 0.15) is 127 Å². The molecule has 3 aromatic carbocycles. The smallest absolute Gasteiger partial charge is 0.246 e. The number of likely N-dealkylation sites (N-methyl/N-ethyl adjacent to an activating group) is 2. The van der Waals surface area contributed by atoms with Crippen LogP contribution in [0.3, 0.4) is 0 Å². The van der Waals surface area contributed by atoms with Gasteiger partial charge < -0.3 is 41.7 Å². The molecule has 2 heterocycles. The lowest BCUT2D eigenvalue weighted by Gasteiger charge is -2.36. The van der Waals surface area contributed by atoms with Crippen molar-refractivity contribution in [2.45, 2.75) is 156 Å². The molecule has 0 aliphatic carbocycles. The average Bonchev–Trinajstić information content (AvgIpc) is 3.98. The van der Waals surface area contributed by atoms with E-state index < -0.39 is 70.7 Å². The van der Waals surface area contributed by atoms with Crippen molar-refractivity contribution < 1.29 is 38.4 Å². The molecule has 10 atom stereocenters. The maximum Gasteiger partial charge on any atom is 0.246 e. The Morgan fingerprint density at radius 2 is 0.855 bits per heavy atom. The summed E-state index contributed by atoms with van der Waals surface area (Å²) in [4.78, 5) is 115. The van der Waals surface area contributed by atoms with Crippen LogP contribution in [-0.4, -0.2) is 132 Å². The van der Waals surface area contributed by atoms with Gasteiger partial charge in [-0.2, -0.15) is 0 Å². The molecule has 3 aromatic rings. The molecule has 16 nitrogen and oxygen atoms in total. The van der Waals surface area contributed by atoms with Gasteiger partial charge in [0.05, 0.1) is 12.1 Å². The molecule has 2 unspecified atom stereocenters. The Morgan fingerprint density at radius 3 is 1.17 bits per heavy atom. The predicted molar refractivity (Wildman–Crippen MR) is 301 cm³/mol. The lowest BCUT2D eigenvalue weighted by molar-refractivity contribution is -0.144. The summed E-state index contributed by atoms with van der Waals surface area (Å²) in [5.41, 5.74) is 1.24. The minimum atomic E-state index is -0.967. The first-order valence-corrected chi connectivity index (χ1v) is 26.2. The minimum Gasteiger partial charge on any atom is -0.352 e. The zero-order valence-corrected chi connectivity index (χ0v) is 48.1. The van der Waals surface area contributed by atoms with Crippen molar-refractivity contribution in [3.05, 3.63) is 107 Å². The Bertz CT molecular complexity index is 2300. The summed E-state index contributed by atoms with van der Waals surface area (Å²) in [7, 11) is 3.31. The average molecular weight is 1090 g/mol. The van der Waals surface area contributed by atoms with Crippen LogP contribution in [0.5, 0.6) is 0 Å². The molecule has 2 aliphatic heterocycles. The number of hydrogen-bond acceptors (Lipinski definition) is 10. The van der Waals surface area contributed by atoms with E-state index in [-0.39, 0.29) is 111 Å². The van der Waals surface area contributed by atoms with Gasteiger partial charge in [0.25, 0.3) is 0 Å². The minimum absolute atomic E-state index is 0. The van der Waals surface area contributed by atoms with E-state index in [9.17, 15) is 38.4 Å². The maximum atomic E-state index is 14.6. The van der Waals surface area contributed by atoms with Crippen LogP contribution in [0, 0.1) is 22.7 Å². The van der Waals surface area contributed by atoms with E-state index in [4.69, 9.17) is 0 Å². The Morgan fingerprint density at radius 1 is 0.513 bits per heavy atom. The van der Waals surface area contributed by atoms with Crippen LogP contribution in [0.4, 0.5) is 0 Å². The third-order valence-corrected chi connectivity index (χ3v) is 14.4. The summed E-state index contributed by atoms with van der Waals surface area (Å²) >= 11 is 0. The number of Topliss-reactive ketones (excluding diaryl/α,β-unsaturated/α-hetero) is 2. The SMILES string of the molecule is CN[C@@H](C)C(=O)N[C@H](C(=O)N1C[C@@H](CC(=O)c2cccc(C(=O)C[C@H]3C[C@@H](C(=O)NC(C)Cc4ccccc4)N(C(=O)[C@@H](NC(=O)[C@H](C)NC)C(C)(C)C)C3)c2)C[C@H]1C(=O)NC(C)Cc1ccccc1)C(C)(C)C.Cl.Cl. The van der Waals surface area contributed by atoms with Crippen molar-refractivity contribution in [2.24, 2.45) is 22.7 Å². The number of carbonyl (C=O) groups is 8. The van der Waals surface area contributed by atoms with Gasteiger partial charge in [0.15, 0.2) is 11.6 Å². The van der Waals surface area contributed by atoms with Gasteiger partial charge in [0, 0.05) is 49.1 Å². The second-order valence-electron chi connectivity index (χ2n) is 22.9. The van der Waals surface area contributed by atoms with Gasteiger partial charge in [-0.15, -0.1) is 24.8 Å². The number of halogens is 2. The van der Waals surface area contributed by atoms with E-state index in [2.05, 4.69) is 31.9 Å². The molecule has 0 aromatic heterocycles. The summed E-state index contributed by atoms with van der Waals surface area (Å²) in [6, 6.07) is 20.6. The highest BCUT2D eigenvalue weighted by molar-refractivity contribution is 6.02. The first-order chi connectivity index (χ1) is 34.8. The molecule has 2 saturated heterocycles. The molecular weight excluding hydrogens is 1010 g/mol. The van der Waals surface area contributed by atoms with Crippen molar-refractivity contribution in [1.29, 1.82) is 0 Å². The van der Waals surface area contributed by atoms with E-state index in [1.54, 1.807) is 52.2 Å². The molecule has 5 rings (SSSR count). The molecule has 18 heteroatoms. The number of nitrogens with zero attached hydrogens (tertiary/aromatic N) is 2. The molecule has 76 heavy (non-hydrogen) atoms. The van der Waals surface area contributed by atoms with Crippen molar-refractivity contribution in [3.63, 3.8) is 0 Å². The number of rotatable bonds is 22. The number of ketones is 2. The van der Waals surface area contributed by atoms with Gasteiger partial charge >= 0.3 is 0 Å². The Balaban J connectivity index is 0.00000760.